The molecule has 0 atom stereocenters. The molecule has 0 saturated carbocycles. The summed E-state index contributed by atoms with van der Waals surface area (Å²) in [6.45, 7) is 9.20. The number of halogens is 1. The monoisotopic (exact) mass is 336 g/mol. The van der Waals surface area contributed by atoms with E-state index in [9.17, 15) is 0 Å². The molecular formula is C16H34BrP. The van der Waals surface area contributed by atoms with Gasteiger partial charge in [-0.2, -0.15) is 0 Å². The molecule has 0 radical (unpaired) electrons. The second-order valence-corrected chi connectivity index (χ2v) is 16.4. The molecule has 0 nitrogen and oxygen atoms in total. The molecular weight excluding hydrogens is 303 g/mol. The van der Waals surface area contributed by atoms with Gasteiger partial charge in [0, 0.05) is 0 Å². The van der Waals surface area contributed by atoms with Crippen molar-refractivity contribution in [2.24, 2.45) is 0 Å². The summed E-state index contributed by atoms with van der Waals surface area (Å²) in [5.41, 5.74) is 0. The summed E-state index contributed by atoms with van der Waals surface area (Å²) in [5.74, 6) is 2.63. The first-order valence-electron chi connectivity index (χ1n) is 7.95. The van der Waals surface area contributed by atoms with Gasteiger partial charge < -0.3 is 0 Å². The van der Waals surface area contributed by atoms with E-state index in [2.05, 4.69) is 55.1 Å². The van der Waals surface area contributed by atoms with Crippen molar-refractivity contribution in [1.82, 2.24) is 0 Å². The van der Waals surface area contributed by atoms with Crippen LogP contribution in [0.25, 0.3) is 0 Å². The molecule has 0 bridgehead atoms. The van der Waals surface area contributed by atoms with Crippen LogP contribution in [0, 0.1) is 0 Å². The van der Waals surface area contributed by atoms with Crippen LogP contribution in [0.1, 0.15) is 72.6 Å². The maximum absolute atomic E-state index is 4.34. The third-order valence-electron chi connectivity index (χ3n) is 3.84. The first-order chi connectivity index (χ1) is 8.54. The standard InChI is InChI=1S/C16H34BrP/c1-5-9-13-18(17,14-10-6-2,15-11-7-3)16-12-8-4/h9,13H,5-8,10-12,14-16H2,1-4H3. The zero-order valence-electron chi connectivity index (χ0n) is 13.1. The minimum atomic E-state index is -1.73. The maximum atomic E-state index is 4.34. The van der Waals surface area contributed by atoms with Crippen LogP contribution in [0.2, 0.25) is 0 Å². The Hall–Kier alpha value is 0.650. The predicted octanol–water partition coefficient (Wildman–Crippen LogP) is 7.17. The van der Waals surface area contributed by atoms with Crippen LogP contribution in [-0.2, 0) is 0 Å². The first-order valence-corrected chi connectivity index (χ1v) is 12.8. The summed E-state index contributed by atoms with van der Waals surface area (Å²) in [5, 5.41) is -1.73. The van der Waals surface area contributed by atoms with Gasteiger partial charge in [-0.15, -0.1) is 0 Å². The Morgan fingerprint density at radius 2 is 1.17 bits per heavy atom. The van der Waals surface area contributed by atoms with Crippen LogP contribution in [0.3, 0.4) is 0 Å². The van der Waals surface area contributed by atoms with Gasteiger partial charge >= 0.3 is 124 Å². The van der Waals surface area contributed by atoms with E-state index in [-0.39, 0.29) is 0 Å². The van der Waals surface area contributed by atoms with Gasteiger partial charge in [0.25, 0.3) is 0 Å². The summed E-state index contributed by atoms with van der Waals surface area (Å²) in [6, 6.07) is 0. The molecule has 110 valence electrons. The second-order valence-electron chi connectivity index (χ2n) is 5.70. The summed E-state index contributed by atoms with van der Waals surface area (Å²) in [7, 11) is 0. The van der Waals surface area contributed by atoms with Gasteiger partial charge in [-0.05, 0) is 0 Å². The molecule has 0 aromatic carbocycles. The number of hydrogen-bond acceptors (Lipinski definition) is 0. The molecule has 0 fully saturated rings. The van der Waals surface area contributed by atoms with E-state index >= 15 is 0 Å². The van der Waals surface area contributed by atoms with Crippen molar-refractivity contribution in [1.29, 1.82) is 0 Å². The quantitative estimate of drug-likeness (QED) is 0.350. The van der Waals surface area contributed by atoms with Gasteiger partial charge in [-0.3, -0.25) is 0 Å². The Labute approximate surface area is 124 Å². The van der Waals surface area contributed by atoms with Crippen LogP contribution in [0.4, 0.5) is 0 Å². The van der Waals surface area contributed by atoms with E-state index in [0.29, 0.717) is 0 Å². The van der Waals surface area contributed by atoms with E-state index in [4.69, 9.17) is 0 Å². The van der Waals surface area contributed by atoms with Crippen LogP contribution in [-0.4, -0.2) is 18.5 Å². The van der Waals surface area contributed by atoms with Gasteiger partial charge in [0.05, 0.1) is 0 Å². The molecule has 2 heteroatoms. The van der Waals surface area contributed by atoms with Crippen molar-refractivity contribution in [3.05, 3.63) is 11.9 Å². The zero-order chi connectivity index (χ0) is 13.9. The first kappa shape index (κ1) is 18.7. The van der Waals surface area contributed by atoms with Gasteiger partial charge in [-0.25, -0.2) is 0 Å². The van der Waals surface area contributed by atoms with Crippen molar-refractivity contribution < 1.29 is 0 Å². The van der Waals surface area contributed by atoms with Gasteiger partial charge in [-0.1, -0.05) is 0 Å². The molecule has 0 aliphatic rings. The number of allylic oxidation sites excluding steroid dienone is 1. The van der Waals surface area contributed by atoms with Gasteiger partial charge in [0.1, 0.15) is 0 Å². The molecule has 0 rings (SSSR count). The van der Waals surface area contributed by atoms with Crippen molar-refractivity contribution in [2.45, 2.75) is 72.6 Å². The molecule has 0 aromatic heterocycles. The van der Waals surface area contributed by atoms with Crippen LogP contribution in [0.15, 0.2) is 11.9 Å². The second kappa shape index (κ2) is 9.54. The summed E-state index contributed by atoms with van der Waals surface area (Å²) >= 11 is 4.34. The fourth-order valence-corrected chi connectivity index (χ4v) is 10.3. The molecule has 0 aromatic rings. The van der Waals surface area contributed by atoms with Crippen molar-refractivity contribution in [3.63, 3.8) is 0 Å². The van der Waals surface area contributed by atoms with Gasteiger partial charge in [0.15, 0.2) is 0 Å². The molecule has 0 saturated heterocycles. The fourth-order valence-electron chi connectivity index (χ4n) is 2.53. The molecule has 0 aliphatic heterocycles. The van der Waals surface area contributed by atoms with E-state index in [1.807, 2.05) is 0 Å². The fraction of sp³-hybridized carbons (Fsp3) is 0.875. The van der Waals surface area contributed by atoms with Crippen molar-refractivity contribution in [3.8, 4) is 0 Å². The van der Waals surface area contributed by atoms with Crippen molar-refractivity contribution in [2.75, 3.05) is 18.5 Å². The predicted molar refractivity (Wildman–Crippen MR) is 94.6 cm³/mol. The average molecular weight is 337 g/mol. The Balaban J connectivity index is 5.01. The topological polar surface area (TPSA) is 0 Å². The van der Waals surface area contributed by atoms with E-state index < -0.39 is 5.31 Å². The molecule has 0 N–H and O–H groups in total. The van der Waals surface area contributed by atoms with E-state index in [1.165, 1.54) is 63.4 Å². The third kappa shape index (κ3) is 6.71. The van der Waals surface area contributed by atoms with Crippen molar-refractivity contribution >= 4 is 20.8 Å². The summed E-state index contributed by atoms with van der Waals surface area (Å²) in [6.07, 6.45) is 15.9. The summed E-state index contributed by atoms with van der Waals surface area (Å²) < 4.78 is 0. The molecule has 0 aliphatic carbocycles. The Morgan fingerprint density at radius 1 is 0.778 bits per heavy atom. The van der Waals surface area contributed by atoms with E-state index in [0.717, 1.165) is 0 Å². The average Bonchev–Trinajstić information content (AvgIpc) is 2.40. The van der Waals surface area contributed by atoms with E-state index in [1.54, 1.807) is 0 Å². The zero-order valence-corrected chi connectivity index (χ0v) is 15.5. The van der Waals surface area contributed by atoms with Crippen LogP contribution < -0.4 is 0 Å². The summed E-state index contributed by atoms with van der Waals surface area (Å²) in [4.78, 5) is 0. The minimum absolute atomic E-state index is 1.17. The number of unbranched alkanes of at least 4 members (excludes halogenated alkanes) is 3. The third-order valence-corrected chi connectivity index (χ3v) is 12.8. The molecule has 18 heavy (non-hydrogen) atoms. The molecule has 0 heterocycles. The SMILES string of the molecule is CCC=CP(Br)(CCCC)(CCCC)CCCC. The Morgan fingerprint density at radius 3 is 1.44 bits per heavy atom. The molecule has 0 unspecified atom stereocenters. The number of rotatable bonds is 11. The number of hydrogen-bond donors (Lipinski definition) is 0. The molecule has 0 spiro atoms. The molecule has 0 amide bonds. The Bertz CT molecular complexity index is 211. The van der Waals surface area contributed by atoms with Gasteiger partial charge in [0.2, 0.25) is 0 Å². The van der Waals surface area contributed by atoms with Crippen LogP contribution in [0.5, 0.6) is 0 Å². The Kier molecular flexibility index (Phi) is 9.88. The van der Waals surface area contributed by atoms with Crippen LogP contribution >= 0.6 is 20.8 Å². The normalized spacial score (nSPS) is 14.8.